The molecule has 3 aromatic rings. The van der Waals surface area contributed by atoms with Crippen LogP contribution >= 0.6 is 11.6 Å². The summed E-state index contributed by atoms with van der Waals surface area (Å²) in [6.07, 6.45) is 0. The molecule has 3 rings (SSSR count). The average molecular weight is 374 g/mol. The van der Waals surface area contributed by atoms with Crippen LogP contribution in [-0.2, 0) is 18.4 Å². The number of fused-ring (bicyclic) bond motifs is 1. The molecule has 0 aliphatic heterocycles. The highest BCUT2D eigenvalue weighted by Gasteiger charge is 2.15. The van der Waals surface area contributed by atoms with E-state index in [1.165, 1.54) is 4.57 Å². The molecule has 2 aromatic carbocycles. The SMILES string of the molecule is CN(CCOc1ccc(Cl)cc1)C(=O)Cn1c(=O)n(C)c2ccccc21. The summed E-state index contributed by atoms with van der Waals surface area (Å²) < 4.78 is 8.65. The molecule has 0 saturated carbocycles. The van der Waals surface area contributed by atoms with Gasteiger partial charge in [-0.15, -0.1) is 0 Å². The monoisotopic (exact) mass is 373 g/mol. The number of benzene rings is 2. The summed E-state index contributed by atoms with van der Waals surface area (Å²) in [5.41, 5.74) is 1.35. The van der Waals surface area contributed by atoms with Crippen LogP contribution < -0.4 is 10.4 Å². The minimum Gasteiger partial charge on any atom is -0.492 e. The van der Waals surface area contributed by atoms with Crippen molar-refractivity contribution >= 4 is 28.5 Å². The molecule has 0 N–H and O–H groups in total. The molecule has 1 heterocycles. The number of aromatic nitrogens is 2. The first-order valence-corrected chi connectivity index (χ1v) is 8.62. The van der Waals surface area contributed by atoms with E-state index in [0.29, 0.717) is 23.9 Å². The second kappa shape index (κ2) is 7.66. The number of hydrogen-bond donors (Lipinski definition) is 0. The molecular weight excluding hydrogens is 354 g/mol. The van der Waals surface area contributed by atoms with Crippen molar-refractivity contribution in [3.8, 4) is 5.75 Å². The first kappa shape index (κ1) is 18.1. The number of aryl methyl sites for hydroxylation is 1. The van der Waals surface area contributed by atoms with Gasteiger partial charge in [0.1, 0.15) is 18.9 Å². The van der Waals surface area contributed by atoms with Crippen molar-refractivity contribution in [3.63, 3.8) is 0 Å². The molecular formula is C19H20ClN3O3. The number of likely N-dealkylation sites (N-methyl/N-ethyl adjacent to an activating group) is 1. The Balaban J connectivity index is 1.62. The summed E-state index contributed by atoms with van der Waals surface area (Å²) in [6.45, 7) is 0.771. The van der Waals surface area contributed by atoms with Gasteiger partial charge in [0, 0.05) is 19.1 Å². The molecule has 0 bridgehead atoms. The maximum absolute atomic E-state index is 12.5. The smallest absolute Gasteiger partial charge is 0.329 e. The van der Waals surface area contributed by atoms with Crippen molar-refractivity contribution in [1.82, 2.24) is 14.0 Å². The van der Waals surface area contributed by atoms with Gasteiger partial charge < -0.3 is 9.64 Å². The zero-order valence-electron chi connectivity index (χ0n) is 14.7. The fourth-order valence-corrected chi connectivity index (χ4v) is 2.85. The number of rotatable bonds is 6. The van der Waals surface area contributed by atoms with Crippen LogP contribution in [0.2, 0.25) is 5.02 Å². The van der Waals surface area contributed by atoms with Gasteiger partial charge in [0.25, 0.3) is 0 Å². The third-order valence-electron chi connectivity index (χ3n) is 4.28. The van der Waals surface area contributed by atoms with E-state index >= 15 is 0 Å². The first-order chi connectivity index (χ1) is 12.5. The molecule has 0 atom stereocenters. The number of nitrogens with zero attached hydrogens (tertiary/aromatic N) is 3. The van der Waals surface area contributed by atoms with E-state index in [-0.39, 0.29) is 18.1 Å². The molecule has 1 amide bonds. The van der Waals surface area contributed by atoms with Gasteiger partial charge in [-0.2, -0.15) is 0 Å². The lowest BCUT2D eigenvalue weighted by atomic mass is 10.3. The van der Waals surface area contributed by atoms with Crippen LogP contribution in [0.4, 0.5) is 0 Å². The summed E-state index contributed by atoms with van der Waals surface area (Å²) >= 11 is 5.83. The molecule has 0 aliphatic rings. The Kier molecular flexibility index (Phi) is 5.32. The molecule has 26 heavy (non-hydrogen) atoms. The fraction of sp³-hybridized carbons (Fsp3) is 0.263. The molecule has 7 heteroatoms. The van der Waals surface area contributed by atoms with Crippen LogP contribution in [0.15, 0.2) is 53.3 Å². The molecule has 0 spiro atoms. The maximum Gasteiger partial charge on any atom is 0.329 e. The third kappa shape index (κ3) is 3.75. The van der Waals surface area contributed by atoms with E-state index in [4.69, 9.17) is 16.3 Å². The van der Waals surface area contributed by atoms with Gasteiger partial charge in [0.2, 0.25) is 5.91 Å². The average Bonchev–Trinajstić information content (AvgIpc) is 2.88. The van der Waals surface area contributed by atoms with Crippen LogP contribution in [0.5, 0.6) is 5.75 Å². The van der Waals surface area contributed by atoms with Gasteiger partial charge in [-0.1, -0.05) is 23.7 Å². The van der Waals surface area contributed by atoms with Crippen LogP contribution in [0, 0.1) is 0 Å². The number of ether oxygens (including phenoxy) is 1. The van der Waals surface area contributed by atoms with Crippen molar-refractivity contribution in [3.05, 3.63) is 64.0 Å². The summed E-state index contributed by atoms with van der Waals surface area (Å²) in [7, 11) is 3.40. The predicted molar refractivity (Wildman–Crippen MR) is 102 cm³/mol. The second-order valence-electron chi connectivity index (χ2n) is 6.03. The number of halogens is 1. The zero-order chi connectivity index (χ0) is 18.7. The summed E-state index contributed by atoms with van der Waals surface area (Å²) in [5, 5.41) is 0.644. The number of imidazole rings is 1. The van der Waals surface area contributed by atoms with E-state index in [1.807, 2.05) is 24.3 Å². The van der Waals surface area contributed by atoms with Gasteiger partial charge in [-0.25, -0.2) is 4.79 Å². The van der Waals surface area contributed by atoms with E-state index < -0.39 is 0 Å². The topological polar surface area (TPSA) is 56.5 Å². The van der Waals surface area contributed by atoms with E-state index in [9.17, 15) is 9.59 Å². The zero-order valence-corrected chi connectivity index (χ0v) is 15.4. The number of amides is 1. The molecule has 6 nitrogen and oxygen atoms in total. The van der Waals surface area contributed by atoms with E-state index in [1.54, 1.807) is 47.8 Å². The number of carbonyl (C=O) groups excluding carboxylic acids is 1. The maximum atomic E-state index is 12.5. The van der Waals surface area contributed by atoms with Gasteiger partial charge in [-0.05, 0) is 36.4 Å². The number of para-hydroxylation sites is 2. The predicted octanol–water partition coefficient (Wildman–Crippen LogP) is 2.53. The lowest BCUT2D eigenvalue weighted by Crippen LogP contribution is -2.36. The van der Waals surface area contributed by atoms with Crippen molar-refractivity contribution in [1.29, 1.82) is 0 Å². The Labute approximate surface area is 156 Å². The molecule has 1 aromatic heterocycles. The largest absolute Gasteiger partial charge is 0.492 e. The van der Waals surface area contributed by atoms with Crippen LogP contribution in [0.25, 0.3) is 11.0 Å². The van der Waals surface area contributed by atoms with E-state index in [2.05, 4.69) is 0 Å². The van der Waals surface area contributed by atoms with Gasteiger partial charge >= 0.3 is 5.69 Å². The Morgan fingerprint density at radius 3 is 2.46 bits per heavy atom. The molecule has 0 radical (unpaired) electrons. The standard InChI is InChI=1S/C19H20ClN3O3/c1-21(11-12-26-15-9-7-14(20)8-10-15)18(24)13-23-17-6-4-3-5-16(17)22(2)19(23)25/h3-10H,11-13H2,1-2H3. The summed E-state index contributed by atoms with van der Waals surface area (Å²) in [6, 6.07) is 14.5. The highest BCUT2D eigenvalue weighted by molar-refractivity contribution is 6.30. The molecule has 0 fully saturated rings. The van der Waals surface area contributed by atoms with Crippen LogP contribution in [0.1, 0.15) is 0 Å². The van der Waals surface area contributed by atoms with Gasteiger partial charge in [0.05, 0.1) is 17.6 Å². The van der Waals surface area contributed by atoms with E-state index in [0.717, 1.165) is 11.0 Å². The summed E-state index contributed by atoms with van der Waals surface area (Å²) in [4.78, 5) is 26.4. The van der Waals surface area contributed by atoms with Crippen molar-refractivity contribution in [2.24, 2.45) is 7.05 Å². The highest BCUT2D eigenvalue weighted by atomic mass is 35.5. The molecule has 136 valence electrons. The summed E-state index contributed by atoms with van der Waals surface area (Å²) in [5.74, 6) is 0.545. The van der Waals surface area contributed by atoms with Gasteiger partial charge in [0.15, 0.2) is 0 Å². The Morgan fingerprint density at radius 2 is 1.77 bits per heavy atom. The second-order valence-corrected chi connectivity index (χ2v) is 6.47. The van der Waals surface area contributed by atoms with Crippen molar-refractivity contribution in [2.45, 2.75) is 6.54 Å². The third-order valence-corrected chi connectivity index (χ3v) is 4.53. The lowest BCUT2D eigenvalue weighted by Gasteiger charge is -2.18. The molecule has 0 saturated heterocycles. The van der Waals surface area contributed by atoms with Crippen molar-refractivity contribution < 1.29 is 9.53 Å². The Hall–Kier alpha value is -2.73. The normalized spacial score (nSPS) is 10.9. The lowest BCUT2D eigenvalue weighted by molar-refractivity contribution is -0.130. The Bertz CT molecular complexity index is 976. The number of hydrogen-bond acceptors (Lipinski definition) is 3. The van der Waals surface area contributed by atoms with Crippen LogP contribution in [0.3, 0.4) is 0 Å². The fourth-order valence-electron chi connectivity index (χ4n) is 2.73. The highest BCUT2D eigenvalue weighted by Crippen LogP contribution is 2.15. The molecule has 0 unspecified atom stereocenters. The quantitative estimate of drug-likeness (QED) is 0.667. The minimum atomic E-state index is -0.203. The minimum absolute atomic E-state index is 0.00235. The number of carbonyl (C=O) groups is 1. The van der Waals surface area contributed by atoms with Crippen LogP contribution in [-0.4, -0.2) is 40.1 Å². The Morgan fingerprint density at radius 1 is 1.12 bits per heavy atom. The molecule has 0 aliphatic carbocycles. The first-order valence-electron chi connectivity index (χ1n) is 8.24. The van der Waals surface area contributed by atoms with Gasteiger partial charge in [-0.3, -0.25) is 13.9 Å². The van der Waals surface area contributed by atoms with Crippen molar-refractivity contribution in [2.75, 3.05) is 20.2 Å².